The molecule has 0 aliphatic heterocycles. The van der Waals surface area contributed by atoms with Gasteiger partial charge in [-0.1, -0.05) is 19.1 Å². The third-order valence-corrected chi connectivity index (χ3v) is 4.01. The lowest BCUT2D eigenvalue weighted by Gasteiger charge is -2.27. The summed E-state index contributed by atoms with van der Waals surface area (Å²) in [4.78, 5) is 12.1. The molecule has 3 unspecified atom stereocenters. The van der Waals surface area contributed by atoms with E-state index in [-0.39, 0.29) is 24.0 Å². The molecule has 0 radical (unpaired) electrons. The molecule has 1 aromatic carbocycles. The Hall–Kier alpha value is -1.55. The number of carbonyl (C=O) groups is 1. The lowest BCUT2D eigenvalue weighted by atomic mass is 9.92. The Labute approximate surface area is 120 Å². The summed E-state index contributed by atoms with van der Waals surface area (Å²) >= 11 is 0. The highest BCUT2D eigenvalue weighted by molar-refractivity contribution is 5.77. The molecule has 1 aliphatic carbocycles. The number of aliphatic hydroxyl groups excluding tert-OH is 1. The molecule has 2 rings (SSSR count). The van der Waals surface area contributed by atoms with Gasteiger partial charge in [-0.25, -0.2) is 0 Å². The molecular formula is C16H24N2O2. The number of hydrogen-bond acceptors (Lipinski definition) is 3. The average Bonchev–Trinajstić information content (AvgIpc) is 2.39. The van der Waals surface area contributed by atoms with Crippen molar-refractivity contribution in [3.63, 3.8) is 0 Å². The topological polar surface area (TPSA) is 75.3 Å². The van der Waals surface area contributed by atoms with Gasteiger partial charge in [0.25, 0.3) is 0 Å². The fraction of sp³-hybridized carbons (Fsp3) is 0.562. The first kappa shape index (κ1) is 14.9. The predicted molar refractivity (Wildman–Crippen MR) is 80.3 cm³/mol. The molecular weight excluding hydrogens is 252 g/mol. The first-order valence-corrected chi connectivity index (χ1v) is 7.37. The minimum Gasteiger partial charge on any atom is -0.399 e. The van der Waals surface area contributed by atoms with Gasteiger partial charge in [0.1, 0.15) is 0 Å². The van der Waals surface area contributed by atoms with Crippen LogP contribution in [0.15, 0.2) is 24.3 Å². The Morgan fingerprint density at radius 1 is 1.40 bits per heavy atom. The van der Waals surface area contributed by atoms with Crippen LogP contribution in [-0.2, 0) is 4.79 Å². The molecule has 0 spiro atoms. The standard InChI is InChI=1S/C16H24N2O2/c1-11(12-5-7-13(17)8-6-12)9-16(20)18-14-3-2-4-15(19)10-14/h5-8,11,14-15,19H,2-4,9-10,17H2,1H3,(H,18,20). The van der Waals surface area contributed by atoms with E-state index < -0.39 is 0 Å². The van der Waals surface area contributed by atoms with Crippen LogP contribution in [0.1, 0.15) is 50.5 Å². The Morgan fingerprint density at radius 3 is 2.75 bits per heavy atom. The van der Waals surface area contributed by atoms with E-state index in [9.17, 15) is 9.90 Å². The zero-order chi connectivity index (χ0) is 14.5. The largest absolute Gasteiger partial charge is 0.399 e. The minimum atomic E-state index is -0.261. The molecule has 20 heavy (non-hydrogen) atoms. The smallest absolute Gasteiger partial charge is 0.220 e. The van der Waals surface area contributed by atoms with Gasteiger partial charge >= 0.3 is 0 Å². The van der Waals surface area contributed by atoms with E-state index >= 15 is 0 Å². The molecule has 1 amide bonds. The molecule has 4 N–H and O–H groups in total. The molecule has 1 fully saturated rings. The highest BCUT2D eigenvalue weighted by atomic mass is 16.3. The van der Waals surface area contributed by atoms with Crippen molar-refractivity contribution < 1.29 is 9.90 Å². The highest BCUT2D eigenvalue weighted by Crippen LogP contribution is 2.22. The van der Waals surface area contributed by atoms with Crippen molar-refractivity contribution in [2.75, 3.05) is 5.73 Å². The van der Waals surface area contributed by atoms with Gasteiger partial charge in [0.15, 0.2) is 0 Å². The van der Waals surface area contributed by atoms with E-state index in [2.05, 4.69) is 5.32 Å². The van der Waals surface area contributed by atoms with Crippen molar-refractivity contribution in [2.45, 2.75) is 57.1 Å². The van der Waals surface area contributed by atoms with Gasteiger partial charge in [-0.3, -0.25) is 4.79 Å². The molecule has 1 saturated carbocycles. The van der Waals surface area contributed by atoms with Gasteiger partial charge in [0.05, 0.1) is 6.10 Å². The molecule has 0 heterocycles. The van der Waals surface area contributed by atoms with Crippen LogP contribution in [0.5, 0.6) is 0 Å². The Bertz CT molecular complexity index is 444. The van der Waals surface area contributed by atoms with E-state index in [1.165, 1.54) is 0 Å². The molecule has 1 aliphatic rings. The fourth-order valence-electron chi connectivity index (χ4n) is 2.80. The highest BCUT2D eigenvalue weighted by Gasteiger charge is 2.22. The number of benzene rings is 1. The SMILES string of the molecule is CC(CC(=O)NC1CCCC(O)C1)c1ccc(N)cc1. The predicted octanol–water partition coefficient (Wildman–Crippen LogP) is 2.18. The molecule has 110 valence electrons. The Kier molecular flexibility index (Phi) is 5.01. The van der Waals surface area contributed by atoms with E-state index in [1.807, 2.05) is 31.2 Å². The second-order valence-corrected chi connectivity index (χ2v) is 5.86. The monoisotopic (exact) mass is 276 g/mol. The maximum absolute atomic E-state index is 12.1. The van der Waals surface area contributed by atoms with Crippen molar-refractivity contribution in [1.29, 1.82) is 0 Å². The summed E-state index contributed by atoms with van der Waals surface area (Å²) in [6, 6.07) is 7.79. The summed E-state index contributed by atoms with van der Waals surface area (Å²) in [6.45, 7) is 2.04. The summed E-state index contributed by atoms with van der Waals surface area (Å²) in [7, 11) is 0. The van der Waals surface area contributed by atoms with Crippen molar-refractivity contribution in [3.05, 3.63) is 29.8 Å². The van der Waals surface area contributed by atoms with Crippen molar-refractivity contribution >= 4 is 11.6 Å². The number of rotatable bonds is 4. The number of nitrogen functional groups attached to an aromatic ring is 1. The number of aliphatic hydroxyl groups is 1. The van der Waals surface area contributed by atoms with Crippen LogP contribution in [0, 0.1) is 0 Å². The van der Waals surface area contributed by atoms with Crippen LogP contribution in [-0.4, -0.2) is 23.2 Å². The van der Waals surface area contributed by atoms with E-state index in [4.69, 9.17) is 5.73 Å². The van der Waals surface area contributed by atoms with Gasteiger partial charge in [0.2, 0.25) is 5.91 Å². The van der Waals surface area contributed by atoms with Crippen LogP contribution in [0.4, 0.5) is 5.69 Å². The van der Waals surface area contributed by atoms with Gasteiger partial charge in [0, 0.05) is 18.2 Å². The summed E-state index contributed by atoms with van der Waals surface area (Å²) in [5.74, 6) is 0.234. The van der Waals surface area contributed by atoms with Gasteiger partial charge in [-0.05, 0) is 49.3 Å². The Balaban J connectivity index is 1.83. The number of nitrogens with one attached hydrogen (secondary N) is 1. The van der Waals surface area contributed by atoms with E-state index in [0.717, 1.165) is 30.5 Å². The zero-order valence-corrected chi connectivity index (χ0v) is 12.0. The molecule has 0 aromatic heterocycles. The normalized spacial score (nSPS) is 24.1. The number of carbonyl (C=O) groups excluding carboxylic acids is 1. The van der Waals surface area contributed by atoms with E-state index in [0.29, 0.717) is 12.8 Å². The zero-order valence-electron chi connectivity index (χ0n) is 12.0. The molecule has 4 nitrogen and oxygen atoms in total. The Morgan fingerprint density at radius 2 is 2.10 bits per heavy atom. The molecule has 4 heteroatoms. The van der Waals surface area contributed by atoms with Crippen molar-refractivity contribution in [1.82, 2.24) is 5.32 Å². The molecule has 0 bridgehead atoms. The second-order valence-electron chi connectivity index (χ2n) is 5.86. The first-order valence-electron chi connectivity index (χ1n) is 7.37. The molecule has 0 saturated heterocycles. The number of hydrogen-bond donors (Lipinski definition) is 3. The lowest BCUT2D eigenvalue weighted by molar-refractivity contribution is -0.122. The summed E-state index contributed by atoms with van der Waals surface area (Å²) in [6.07, 6.45) is 3.70. The molecule has 1 aromatic rings. The first-order chi connectivity index (χ1) is 9.54. The van der Waals surface area contributed by atoms with Crippen LogP contribution in [0.2, 0.25) is 0 Å². The minimum absolute atomic E-state index is 0.0634. The van der Waals surface area contributed by atoms with Crippen LogP contribution in [0.25, 0.3) is 0 Å². The van der Waals surface area contributed by atoms with Crippen LogP contribution >= 0.6 is 0 Å². The second kappa shape index (κ2) is 6.75. The van der Waals surface area contributed by atoms with Crippen LogP contribution in [0.3, 0.4) is 0 Å². The fourth-order valence-corrected chi connectivity index (χ4v) is 2.80. The maximum Gasteiger partial charge on any atom is 0.220 e. The molecule has 3 atom stereocenters. The van der Waals surface area contributed by atoms with Crippen molar-refractivity contribution in [3.8, 4) is 0 Å². The van der Waals surface area contributed by atoms with Crippen molar-refractivity contribution in [2.24, 2.45) is 0 Å². The summed E-state index contributed by atoms with van der Waals surface area (Å²) < 4.78 is 0. The van der Waals surface area contributed by atoms with Gasteiger partial charge < -0.3 is 16.2 Å². The van der Waals surface area contributed by atoms with Gasteiger partial charge in [-0.15, -0.1) is 0 Å². The number of amides is 1. The quantitative estimate of drug-likeness (QED) is 0.738. The van der Waals surface area contributed by atoms with Crippen LogP contribution < -0.4 is 11.1 Å². The van der Waals surface area contributed by atoms with Gasteiger partial charge in [-0.2, -0.15) is 0 Å². The average molecular weight is 276 g/mol. The summed E-state index contributed by atoms with van der Waals surface area (Å²) in [5.41, 5.74) is 7.52. The summed E-state index contributed by atoms with van der Waals surface area (Å²) in [5, 5.41) is 12.7. The third-order valence-electron chi connectivity index (χ3n) is 4.01. The maximum atomic E-state index is 12.1. The van der Waals surface area contributed by atoms with E-state index in [1.54, 1.807) is 0 Å². The number of anilines is 1. The number of nitrogens with two attached hydrogens (primary N) is 1. The lowest BCUT2D eigenvalue weighted by Crippen LogP contribution is -2.40. The third kappa shape index (κ3) is 4.23.